The van der Waals surface area contributed by atoms with Crippen molar-refractivity contribution in [2.24, 2.45) is 0 Å². The molecule has 0 saturated carbocycles. The molecule has 1 amide bonds. The summed E-state index contributed by atoms with van der Waals surface area (Å²) < 4.78 is 15.7. The Hall–Kier alpha value is -2.64. The largest absolute Gasteiger partial charge is 0.467 e. The summed E-state index contributed by atoms with van der Waals surface area (Å²) in [6, 6.07) is 10.6. The Morgan fingerprint density at radius 3 is 2.59 bits per heavy atom. The van der Waals surface area contributed by atoms with E-state index in [2.05, 4.69) is 5.32 Å². The molecule has 2 heterocycles. The third-order valence-electron chi connectivity index (χ3n) is 4.53. The van der Waals surface area contributed by atoms with Crippen molar-refractivity contribution in [2.45, 2.75) is 19.5 Å². The van der Waals surface area contributed by atoms with Gasteiger partial charge in [-0.25, -0.2) is 4.79 Å². The fraction of sp³-hybridized carbons (Fsp3) is 0.400. The van der Waals surface area contributed by atoms with Crippen LogP contribution < -0.4 is 10.2 Å². The van der Waals surface area contributed by atoms with E-state index in [0.717, 1.165) is 38.4 Å². The first-order valence-corrected chi connectivity index (χ1v) is 9.12. The number of hydrogen-bond acceptors (Lipinski definition) is 5. The minimum atomic E-state index is -0.513. The first-order valence-electron chi connectivity index (χ1n) is 9.12. The van der Waals surface area contributed by atoms with E-state index >= 15 is 0 Å². The van der Waals surface area contributed by atoms with Gasteiger partial charge in [0.1, 0.15) is 25.4 Å². The van der Waals surface area contributed by atoms with Crippen molar-refractivity contribution in [2.75, 3.05) is 32.9 Å². The topological polar surface area (TPSA) is 82.2 Å². The lowest BCUT2D eigenvalue weighted by atomic mass is 10.1. The van der Waals surface area contributed by atoms with Crippen molar-refractivity contribution in [1.29, 1.82) is 0 Å². The van der Waals surface area contributed by atoms with Crippen LogP contribution in [-0.4, -0.2) is 44.8 Å². The van der Waals surface area contributed by atoms with Gasteiger partial charge in [-0.2, -0.15) is 0 Å². The maximum absolute atomic E-state index is 12.1. The maximum atomic E-state index is 12.1. The number of ether oxygens (including phenoxy) is 2. The number of nitrogens with one attached hydrogen (secondary N) is 2. The fourth-order valence-electron chi connectivity index (χ4n) is 2.99. The summed E-state index contributed by atoms with van der Waals surface area (Å²) in [7, 11) is 0. The number of hydrogen-bond donors (Lipinski definition) is 2. The zero-order valence-electron chi connectivity index (χ0n) is 15.4. The van der Waals surface area contributed by atoms with Crippen LogP contribution in [0.15, 0.2) is 47.1 Å². The van der Waals surface area contributed by atoms with Crippen LogP contribution in [0.1, 0.15) is 34.6 Å². The molecular weight excluding hydrogens is 348 g/mol. The number of benzene rings is 1. The molecule has 0 unspecified atom stereocenters. The van der Waals surface area contributed by atoms with Gasteiger partial charge in [-0.3, -0.25) is 4.79 Å². The van der Waals surface area contributed by atoms with Gasteiger partial charge < -0.3 is 24.1 Å². The maximum Gasteiger partial charge on any atom is 0.338 e. The number of morpholine rings is 1. The van der Waals surface area contributed by atoms with Gasteiger partial charge in [0.05, 0.1) is 31.1 Å². The molecule has 1 aromatic carbocycles. The summed E-state index contributed by atoms with van der Waals surface area (Å²) in [5.74, 6) is -0.242. The molecule has 0 aliphatic carbocycles. The summed E-state index contributed by atoms with van der Waals surface area (Å²) in [4.78, 5) is 25.5. The van der Waals surface area contributed by atoms with Crippen molar-refractivity contribution >= 4 is 11.9 Å². The van der Waals surface area contributed by atoms with Crippen LogP contribution in [0.5, 0.6) is 0 Å². The van der Waals surface area contributed by atoms with E-state index < -0.39 is 5.97 Å². The molecule has 1 aliphatic heterocycles. The van der Waals surface area contributed by atoms with Crippen LogP contribution in [-0.2, 0) is 20.8 Å². The zero-order valence-corrected chi connectivity index (χ0v) is 15.4. The Kier molecular flexibility index (Phi) is 6.62. The van der Waals surface area contributed by atoms with Crippen LogP contribution in [0.2, 0.25) is 0 Å². The minimum Gasteiger partial charge on any atom is -0.467 e. The van der Waals surface area contributed by atoms with Gasteiger partial charge in [0.25, 0.3) is 5.91 Å². The highest BCUT2D eigenvalue weighted by molar-refractivity contribution is 5.91. The Morgan fingerprint density at radius 1 is 1.19 bits per heavy atom. The van der Waals surface area contributed by atoms with Gasteiger partial charge in [0.15, 0.2) is 6.61 Å². The lowest BCUT2D eigenvalue weighted by Gasteiger charge is -2.23. The quantitative estimate of drug-likeness (QED) is 0.700. The summed E-state index contributed by atoms with van der Waals surface area (Å²) in [5.41, 5.74) is 1.59. The van der Waals surface area contributed by atoms with Gasteiger partial charge >= 0.3 is 5.97 Å². The van der Waals surface area contributed by atoms with Gasteiger partial charge in [0.2, 0.25) is 0 Å². The highest BCUT2D eigenvalue weighted by Crippen LogP contribution is 2.12. The normalized spacial score (nSPS) is 15.9. The number of esters is 1. The second kappa shape index (κ2) is 9.34. The third-order valence-corrected chi connectivity index (χ3v) is 4.53. The average Bonchev–Trinajstić information content (AvgIpc) is 3.22. The van der Waals surface area contributed by atoms with Crippen molar-refractivity contribution in [3.8, 4) is 0 Å². The average molecular weight is 373 g/mol. The number of furan rings is 1. The van der Waals surface area contributed by atoms with Crippen LogP contribution >= 0.6 is 0 Å². The first kappa shape index (κ1) is 19.1. The summed E-state index contributed by atoms with van der Waals surface area (Å²) >= 11 is 0. The van der Waals surface area contributed by atoms with Crippen molar-refractivity contribution < 1.29 is 28.4 Å². The van der Waals surface area contributed by atoms with E-state index in [0.29, 0.717) is 11.3 Å². The van der Waals surface area contributed by atoms with Crippen LogP contribution in [0.25, 0.3) is 0 Å². The highest BCUT2D eigenvalue weighted by atomic mass is 16.5. The number of amides is 1. The monoisotopic (exact) mass is 373 g/mol. The Labute approximate surface area is 158 Å². The lowest BCUT2D eigenvalue weighted by molar-refractivity contribution is -0.921. The van der Waals surface area contributed by atoms with Gasteiger partial charge in [-0.1, -0.05) is 12.1 Å². The van der Waals surface area contributed by atoms with Crippen molar-refractivity contribution in [3.63, 3.8) is 0 Å². The molecule has 2 aromatic rings. The molecule has 1 aromatic heterocycles. The smallest absolute Gasteiger partial charge is 0.338 e. The Morgan fingerprint density at radius 2 is 1.93 bits per heavy atom. The highest BCUT2D eigenvalue weighted by Gasteiger charge is 2.16. The molecule has 27 heavy (non-hydrogen) atoms. The number of carbonyl (C=O) groups is 2. The molecule has 144 valence electrons. The molecule has 1 saturated heterocycles. The van der Waals surface area contributed by atoms with Crippen molar-refractivity contribution in [3.05, 3.63) is 59.5 Å². The molecular formula is C20H25N2O5+. The molecule has 0 bridgehead atoms. The van der Waals surface area contributed by atoms with Crippen molar-refractivity contribution in [1.82, 2.24) is 5.32 Å². The SMILES string of the molecule is C[C@@H](NC(=O)COC(=O)c1ccc(C[NH+]2CCOCC2)cc1)c1ccco1. The molecule has 3 rings (SSSR count). The predicted octanol–water partition coefficient (Wildman–Crippen LogP) is 0.729. The van der Waals surface area contributed by atoms with Crippen LogP contribution in [0.3, 0.4) is 0 Å². The van der Waals surface area contributed by atoms with E-state index in [1.54, 1.807) is 37.5 Å². The van der Waals surface area contributed by atoms with Gasteiger partial charge in [-0.05, 0) is 31.2 Å². The standard InChI is InChI=1S/C20H24N2O5/c1-15(18-3-2-10-26-18)21-19(23)14-27-20(24)17-6-4-16(5-7-17)13-22-8-11-25-12-9-22/h2-7,10,15H,8-9,11-14H2,1H3,(H,21,23)/p+1/t15-/m1/s1. The van der Waals surface area contributed by atoms with Crippen LogP contribution in [0, 0.1) is 0 Å². The summed E-state index contributed by atoms with van der Waals surface area (Å²) in [6.07, 6.45) is 1.54. The third kappa shape index (κ3) is 5.67. The lowest BCUT2D eigenvalue weighted by Crippen LogP contribution is -3.12. The molecule has 1 aliphatic rings. The molecule has 0 radical (unpaired) electrons. The first-order chi connectivity index (χ1) is 13.1. The summed E-state index contributed by atoms with van der Waals surface area (Å²) in [6.45, 7) is 5.95. The Bertz CT molecular complexity index is 736. The molecule has 0 spiro atoms. The van der Waals surface area contributed by atoms with E-state index in [-0.39, 0.29) is 18.6 Å². The van der Waals surface area contributed by atoms with Gasteiger partial charge in [-0.15, -0.1) is 0 Å². The predicted molar refractivity (Wildman–Crippen MR) is 97.2 cm³/mol. The minimum absolute atomic E-state index is 0.284. The molecule has 1 fully saturated rings. The van der Waals surface area contributed by atoms with E-state index in [9.17, 15) is 9.59 Å². The number of carbonyl (C=O) groups excluding carboxylic acids is 2. The molecule has 1 atom stereocenters. The molecule has 7 heteroatoms. The molecule has 7 nitrogen and oxygen atoms in total. The second-order valence-corrected chi connectivity index (χ2v) is 6.62. The fourth-order valence-corrected chi connectivity index (χ4v) is 2.99. The van der Waals surface area contributed by atoms with E-state index in [1.165, 1.54) is 4.90 Å². The number of quaternary nitrogens is 1. The Balaban J connectivity index is 1.44. The second-order valence-electron chi connectivity index (χ2n) is 6.62. The van der Waals surface area contributed by atoms with E-state index in [4.69, 9.17) is 13.9 Å². The zero-order chi connectivity index (χ0) is 19.1. The van der Waals surface area contributed by atoms with E-state index in [1.807, 2.05) is 12.1 Å². The summed E-state index contributed by atoms with van der Waals surface area (Å²) in [5, 5.41) is 2.72. The molecule has 2 N–H and O–H groups in total. The number of rotatable bonds is 7. The van der Waals surface area contributed by atoms with Crippen LogP contribution in [0.4, 0.5) is 0 Å². The van der Waals surface area contributed by atoms with Gasteiger partial charge in [0, 0.05) is 5.56 Å².